The van der Waals surface area contributed by atoms with Gasteiger partial charge in [-0.05, 0) is 31.9 Å². The van der Waals surface area contributed by atoms with Gasteiger partial charge in [0.05, 0.1) is 17.9 Å². The van der Waals surface area contributed by atoms with Gasteiger partial charge >= 0.3 is 5.97 Å². The zero-order chi connectivity index (χ0) is 14.7. The van der Waals surface area contributed by atoms with Crippen LogP contribution in [0.3, 0.4) is 0 Å². The maximum atomic E-state index is 12.4. The predicted octanol–water partition coefficient (Wildman–Crippen LogP) is 1.34. The highest BCUT2D eigenvalue weighted by atomic mass is 16.5. The van der Waals surface area contributed by atoms with Crippen molar-refractivity contribution in [3.05, 3.63) is 29.1 Å². The molecule has 0 aromatic carbocycles. The summed E-state index contributed by atoms with van der Waals surface area (Å²) >= 11 is 0. The molecule has 6 nitrogen and oxygen atoms in total. The highest BCUT2D eigenvalue weighted by Crippen LogP contribution is 2.27. The summed E-state index contributed by atoms with van der Waals surface area (Å²) in [5, 5.41) is 8.97. The van der Waals surface area contributed by atoms with E-state index in [9.17, 15) is 9.59 Å². The fraction of sp³-hybridized carbons (Fsp3) is 0.500. The van der Waals surface area contributed by atoms with Crippen molar-refractivity contribution in [2.24, 2.45) is 0 Å². The summed E-state index contributed by atoms with van der Waals surface area (Å²) in [6, 6.07) is 3.17. The molecule has 1 saturated carbocycles. The Morgan fingerprint density at radius 1 is 1.45 bits per heavy atom. The van der Waals surface area contributed by atoms with Crippen molar-refractivity contribution in [3.63, 3.8) is 0 Å². The Kier molecular flexibility index (Phi) is 4.34. The van der Waals surface area contributed by atoms with Crippen LogP contribution in [0.2, 0.25) is 0 Å². The summed E-state index contributed by atoms with van der Waals surface area (Å²) in [5.74, 6) is -1.20. The van der Waals surface area contributed by atoms with Gasteiger partial charge in [0, 0.05) is 19.7 Å². The number of rotatable bonds is 6. The number of aryl methyl sites for hydroxylation is 1. The first-order valence-electron chi connectivity index (χ1n) is 6.55. The van der Waals surface area contributed by atoms with E-state index in [1.165, 1.54) is 12.1 Å². The summed E-state index contributed by atoms with van der Waals surface area (Å²) in [7, 11) is 1.60. The molecule has 1 amide bonds. The van der Waals surface area contributed by atoms with Gasteiger partial charge in [0.1, 0.15) is 5.69 Å². The van der Waals surface area contributed by atoms with Crippen LogP contribution >= 0.6 is 0 Å². The van der Waals surface area contributed by atoms with Crippen LogP contribution in [0.4, 0.5) is 0 Å². The van der Waals surface area contributed by atoms with Gasteiger partial charge in [-0.25, -0.2) is 9.78 Å². The van der Waals surface area contributed by atoms with Crippen LogP contribution in [0, 0.1) is 6.92 Å². The van der Waals surface area contributed by atoms with E-state index < -0.39 is 5.97 Å². The number of nitrogens with zero attached hydrogens (tertiary/aromatic N) is 2. The number of aromatic carboxylic acids is 1. The van der Waals surface area contributed by atoms with E-state index in [2.05, 4.69) is 4.98 Å². The van der Waals surface area contributed by atoms with Crippen molar-refractivity contribution >= 4 is 11.9 Å². The van der Waals surface area contributed by atoms with Crippen molar-refractivity contribution in [1.82, 2.24) is 9.88 Å². The van der Waals surface area contributed by atoms with Gasteiger partial charge in [0.15, 0.2) is 0 Å². The van der Waals surface area contributed by atoms with E-state index >= 15 is 0 Å². The highest BCUT2D eigenvalue weighted by molar-refractivity contribution is 5.94. The molecular weight excluding hydrogens is 260 g/mol. The number of hydrogen-bond acceptors (Lipinski definition) is 4. The first-order valence-corrected chi connectivity index (χ1v) is 6.55. The Labute approximate surface area is 117 Å². The van der Waals surface area contributed by atoms with Crippen LogP contribution in [-0.2, 0) is 4.74 Å². The maximum Gasteiger partial charge on any atom is 0.337 e. The smallest absolute Gasteiger partial charge is 0.337 e. The van der Waals surface area contributed by atoms with E-state index in [0.29, 0.717) is 18.8 Å². The van der Waals surface area contributed by atoms with Crippen molar-refractivity contribution in [2.45, 2.75) is 25.8 Å². The largest absolute Gasteiger partial charge is 0.478 e. The second kappa shape index (κ2) is 6.00. The lowest BCUT2D eigenvalue weighted by atomic mass is 10.2. The van der Waals surface area contributed by atoms with Crippen LogP contribution in [0.1, 0.15) is 39.4 Å². The molecule has 0 bridgehead atoms. The molecule has 1 aliphatic rings. The molecule has 1 aliphatic carbocycles. The molecule has 1 heterocycles. The van der Waals surface area contributed by atoms with Crippen molar-refractivity contribution < 1.29 is 19.4 Å². The maximum absolute atomic E-state index is 12.4. The van der Waals surface area contributed by atoms with E-state index in [0.717, 1.165) is 12.8 Å². The van der Waals surface area contributed by atoms with Gasteiger partial charge in [-0.15, -0.1) is 0 Å². The molecule has 6 heteroatoms. The molecule has 0 unspecified atom stereocenters. The number of methoxy groups -OCH3 is 1. The zero-order valence-electron chi connectivity index (χ0n) is 11.6. The van der Waals surface area contributed by atoms with Crippen molar-refractivity contribution in [1.29, 1.82) is 0 Å². The van der Waals surface area contributed by atoms with Gasteiger partial charge in [0.2, 0.25) is 0 Å². The van der Waals surface area contributed by atoms with Crippen LogP contribution in [0.5, 0.6) is 0 Å². The molecule has 0 aliphatic heterocycles. The van der Waals surface area contributed by atoms with E-state index in [-0.39, 0.29) is 23.2 Å². The third kappa shape index (κ3) is 3.14. The minimum Gasteiger partial charge on any atom is -0.478 e. The molecular formula is C14H18N2O4. The van der Waals surface area contributed by atoms with E-state index in [1.807, 2.05) is 0 Å². The lowest BCUT2D eigenvalue weighted by Crippen LogP contribution is -2.36. The molecule has 0 radical (unpaired) electrons. The van der Waals surface area contributed by atoms with Crippen molar-refractivity contribution in [3.8, 4) is 0 Å². The Morgan fingerprint density at radius 3 is 2.65 bits per heavy atom. The summed E-state index contributed by atoms with van der Waals surface area (Å²) in [4.78, 5) is 29.2. The van der Waals surface area contributed by atoms with Crippen LogP contribution < -0.4 is 0 Å². The molecule has 0 saturated heterocycles. The number of aromatic nitrogens is 1. The molecule has 20 heavy (non-hydrogen) atoms. The Balaban J connectivity index is 2.18. The predicted molar refractivity (Wildman–Crippen MR) is 71.9 cm³/mol. The standard InChI is InChI=1S/C14H18N2O4/c1-9-11(14(18)19)5-6-12(15-9)13(17)16(7-8-20-2)10-3-4-10/h5-6,10H,3-4,7-8H2,1-2H3,(H,18,19). The highest BCUT2D eigenvalue weighted by Gasteiger charge is 2.33. The Hall–Kier alpha value is -1.95. The number of amides is 1. The molecule has 1 N–H and O–H groups in total. The number of carbonyl (C=O) groups is 2. The minimum absolute atomic E-state index is 0.122. The molecule has 0 atom stereocenters. The summed E-state index contributed by atoms with van der Waals surface area (Å²) in [6.45, 7) is 2.60. The quantitative estimate of drug-likeness (QED) is 0.849. The molecule has 1 aromatic heterocycles. The normalized spacial score (nSPS) is 14.1. The average molecular weight is 278 g/mol. The number of ether oxygens (including phenoxy) is 1. The summed E-state index contributed by atoms with van der Waals surface area (Å²) in [5.41, 5.74) is 0.762. The third-order valence-corrected chi connectivity index (χ3v) is 3.32. The fourth-order valence-electron chi connectivity index (χ4n) is 2.08. The van der Waals surface area contributed by atoms with Crippen molar-refractivity contribution in [2.75, 3.05) is 20.3 Å². The SMILES string of the molecule is COCCN(C(=O)c1ccc(C(=O)O)c(C)n1)C1CC1. The Morgan fingerprint density at radius 2 is 2.15 bits per heavy atom. The first-order chi connectivity index (χ1) is 9.54. The number of pyridine rings is 1. The topological polar surface area (TPSA) is 79.7 Å². The first kappa shape index (κ1) is 14.5. The van der Waals surface area contributed by atoms with Gasteiger partial charge in [-0.3, -0.25) is 4.79 Å². The number of carboxylic acid groups (broad SMARTS) is 1. The minimum atomic E-state index is -1.03. The lowest BCUT2D eigenvalue weighted by molar-refractivity contribution is 0.0666. The van der Waals surface area contributed by atoms with E-state index in [1.54, 1.807) is 18.9 Å². The number of carboxylic acids is 1. The van der Waals surface area contributed by atoms with Crippen LogP contribution in [0.15, 0.2) is 12.1 Å². The average Bonchev–Trinajstić information content (AvgIpc) is 3.23. The van der Waals surface area contributed by atoms with Gasteiger partial charge < -0.3 is 14.7 Å². The fourth-order valence-corrected chi connectivity index (χ4v) is 2.08. The number of hydrogen-bond donors (Lipinski definition) is 1. The second-order valence-electron chi connectivity index (χ2n) is 4.86. The molecule has 1 aromatic rings. The van der Waals surface area contributed by atoms with Gasteiger partial charge in [-0.1, -0.05) is 0 Å². The summed E-state index contributed by atoms with van der Waals surface area (Å²) in [6.07, 6.45) is 2.00. The third-order valence-electron chi connectivity index (χ3n) is 3.32. The molecule has 1 fully saturated rings. The monoisotopic (exact) mass is 278 g/mol. The van der Waals surface area contributed by atoms with Crippen LogP contribution in [0.25, 0.3) is 0 Å². The van der Waals surface area contributed by atoms with E-state index in [4.69, 9.17) is 9.84 Å². The van der Waals surface area contributed by atoms with Crippen LogP contribution in [-0.4, -0.2) is 53.2 Å². The lowest BCUT2D eigenvalue weighted by Gasteiger charge is -2.21. The molecule has 2 rings (SSSR count). The zero-order valence-corrected chi connectivity index (χ0v) is 11.6. The van der Waals surface area contributed by atoms with Gasteiger partial charge in [-0.2, -0.15) is 0 Å². The molecule has 0 spiro atoms. The number of carbonyl (C=O) groups excluding carboxylic acids is 1. The summed E-state index contributed by atoms with van der Waals surface area (Å²) < 4.78 is 5.02. The Bertz CT molecular complexity index is 526. The molecule has 108 valence electrons. The second-order valence-corrected chi connectivity index (χ2v) is 4.86. The van der Waals surface area contributed by atoms with Gasteiger partial charge in [0.25, 0.3) is 5.91 Å².